The number of hydrogen-bond acceptors (Lipinski definition) is 16. The maximum absolute atomic E-state index is 12.8. The molecule has 9 rings (SSSR count). The number of ether oxygens (including phenoxy) is 10. The Balaban J connectivity index is 0.000000377. The summed E-state index contributed by atoms with van der Waals surface area (Å²) in [5.74, 6) is 2.38. The fourth-order valence-corrected chi connectivity index (χ4v) is 10.6. The molecular formula is C85H100O16. The highest BCUT2D eigenvalue weighted by molar-refractivity contribution is 5.97. The number of carbonyl (C=O) groups excluding carboxylic acids is 6. The lowest BCUT2D eigenvalue weighted by molar-refractivity contribution is 0.0341. The van der Waals surface area contributed by atoms with Crippen molar-refractivity contribution in [2.24, 2.45) is 5.41 Å². The van der Waals surface area contributed by atoms with E-state index in [1.807, 2.05) is 104 Å². The van der Waals surface area contributed by atoms with Crippen molar-refractivity contribution in [1.29, 1.82) is 0 Å². The summed E-state index contributed by atoms with van der Waals surface area (Å²) in [5.41, 5.74) is 10.2. The average Bonchev–Trinajstić information content (AvgIpc) is 0.767. The fraction of sp³-hybridized carbons (Fsp3) is 0.341. The Morgan fingerprint density at radius 3 is 0.911 bits per heavy atom. The van der Waals surface area contributed by atoms with E-state index in [1.165, 1.54) is 13.8 Å². The second-order valence-corrected chi connectivity index (χ2v) is 27.3. The Morgan fingerprint density at radius 1 is 0.356 bits per heavy atom. The standard InChI is InChI=1S/C53H52O9.C11H12O.C10H10O2.C7H16O2.C4H10O2/c1-51(2,3)38-14-26-44(27-15-38)59-48(54)57-42-22-10-36(11-23-42)37-12-24-43(25-13-37)58-49(55)61-46-30-18-40(19-31-46)53(34-8-7-9-35-53)41-20-32-47(33-21-41)62-50(56)60-45-28-16-39(17-29-45)52(4,5)6;1-8(2)10-5-4-6-11(7-10)9(3)12;1-7(11)9-3-5-10(6-4-9)8(2)12;1-7(2,5-8-3)6-9-4;1-5-3-4-6-2/h10-33H,7-9,34-35H2,1-6H3;4-7H,1H2,2-3H3;3-6H,1-2H3;5-6H2,1-4H3;3-4H2,1-2H3. The molecule has 0 saturated heterocycles. The lowest BCUT2D eigenvalue weighted by Crippen LogP contribution is -2.30. The zero-order valence-corrected chi connectivity index (χ0v) is 61.6. The first-order valence-electron chi connectivity index (χ1n) is 33.6. The van der Waals surface area contributed by atoms with Crippen LogP contribution in [0.5, 0.6) is 34.5 Å². The summed E-state index contributed by atoms with van der Waals surface area (Å²) in [6.07, 6.45) is 2.75. The van der Waals surface area contributed by atoms with Crippen molar-refractivity contribution in [3.63, 3.8) is 0 Å². The first-order valence-corrected chi connectivity index (χ1v) is 33.6. The Morgan fingerprint density at radius 2 is 0.644 bits per heavy atom. The molecule has 8 aromatic rings. The van der Waals surface area contributed by atoms with Crippen LogP contribution in [0.2, 0.25) is 0 Å². The summed E-state index contributed by atoms with van der Waals surface area (Å²) in [5, 5.41) is 0. The average molecular weight is 1380 g/mol. The van der Waals surface area contributed by atoms with Gasteiger partial charge in [-0.15, -0.1) is 0 Å². The molecule has 1 fully saturated rings. The lowest BCUT2D eigenvalue weighted by Gasteiger charge is -2.38. The van der Waals surface area contributed by atoms with Gasteiger partial charge in [-0.05, 0) is 169 Å². The van der Waals surface area contributed by atoms with Gasteiger partial charge in [-0.3, -0.25) is 14.4 Å². The van der Waals surface area contributed by atoms with Crippen LogP contribution in [0.3, 0.4) is 0 Å². The van der Waals surface area contributed by atoms with Crippen molar-refractivity contribution in [2.45, 2.75) is 131 Å². The van der Waals surface area contributed by atoms with Gasteiger partial charge in [0.05, 0.1) is 26.4 Å². The Bertz CT molecular complexity index is 3830. The van der Waals surface area contributed by atoms with Gasteiger partial charge in [0.25, 0.3) is 0 Å². The molecule has 536 valence electrons. The SMILES string of the molecule is C=C(C)c1cccc(C(C)=O)c1.CC(=O)c1ccc(C(C)=O)cc1.CC(C)(C)c1ccc(OC(=O)Oc2ccc(-c3ccc(OC(=O)Oc4ccc(C5(c6ccc(OC(=O)Oc7ccc(C(C)(C)C)cc7)cc6)CCCCC5)cc4)cc3)cc2)cc1.COCC(C)(C)COC.COCCOC. The van der Waals surface area contributed by atoms with Crippen LogP contribution in [-0.2, 0) is 35.2 Å². The molecule has 16 nitrogen and oxygen atoms in total. The Labute approximate surface area is 597 Å². The third-order valence-corrected chi connectivity index (χ3v) is 16.2. The number of methoxy groups -OCH3 is 4. The molecule has 0 aromatic heterocycles. The van der Waals surface area contributed by atoms with Crippen molar-refractivity contribution in [1.82, 2.24) is 0 Å². The molecule has 0 radical (unpaired) electrons. The van der Waals surface area contributed by atoms with Gasteiger partial charge in [-0.2, -0.15) is 0 Å². The summed E-state index contributed by atoms with van der Waals surface area (Å²) in [6, 6.07) is 58.2. The van der Waals surface area contributed by atoms with E-state index in [0.29, 0.717) is 58.8 Å². The normalized spacial score (nSPS) is 12.2. The van der Waals surface area contributed by atoms with Crippen molar-refractivity contribution in [3.05, 3.63) is 245 Å². The van der Waals surface area contributed by atoms with E-state index < -0.39 is 18.5 Å². The largest absolute Gasteiger partial charge is 0.519 e. The zero-order valence-electron chi connectivity index (χ0n) is 61.6. The molecule has 0 N–H and O–H groups in total. The van der Waals surface area contributed by atoms with Gasteiger partial charge in [-0.25, -0.2) is 14.4 Å². The second-order valence-electron chi connectivity index (χ2n) is 27.3. The summed E-state index contributed by atoms with van der Waals surface area (Å²) >= 11 is 0. The van der Waals surface area contributed by atoms with Gasteiger partial charge >= 0.3 is 18.5 Å². The highest BCUT2D eigenvalue weighted by Gasteiger charge is 2.36. The summed E-state index contributed by atoms with van der Waals surface area (Å²) in [4.78, 5) is 70.5. The predicted molar refractivity (Wildman–Crippen MR) is 398 cm³/mol. The molecule has 0 heterocycles. The third kappa shape index (κ3) is 27.7. The number of Topliss-reactive ketones (excluding diaryl/α,β-unsaturated/α-hetero) is 3. The molecule has 0 aliphatic heterocycles. The summed E-state index contributed by atoms with van der Waals surface area (Å²) in [6.45, 7) is 30.2. The number of ketones is 3. The van der Waals surface area contributed by atoms with Crippen LogP contribution in [0.4, 0.5) is 14.4 Å². The molecule has 1 aliphatic carbocycles. The smallest absolute Gasteiger partial charge is 0.395 e. The molecule has 0 amide bonds. The number of benzene rings is 8. The van der Waals surface area contributed by atoms with Crippen LogP contribution in [0.15, 0.2) is 201 Å². The van der Waals surface area contributed by atoms with E-state index in [2.05, 4.69) is 71.4 Å². The minimum absolute atomic E-state index is 0.00474. The molecule has 0 bridgehead atoms. The van der Waals surface area contributed by atoms with E-state index >= 15 is 0 Å². The molecule has 0 spiro atoms. The van der Waals surface area contributed by atoms with Crippen LogP contribution >= 0.6 is 0 Å². The summed E-state index contributed by atoms with van der Waals surface area (Å²) in [7, 11) is 6.72. The van der Waals surface area contributed by atoms with Crippen LogP contribution in [0.25, 0.3) is 16.7 Å². The molecular weight excluding hydrogens is 1280 g/mol. The van der Waals surface area contributed by atoms with Crippen LogP contribution in [-0.4, -0.2) is 90.7 Å². The highest BCUT2D eigenvalue weighted by atomic mass is 16.7. The lowest BCUT2D eigenvalue weighted by atomic mass is 9.65. The van der Waals surface area contributed by atoms with E-state index in [0.717, 1.165) is 95.4 Å². The maximum atomic E-state index is 12.8. The quantitative estimate of drug-likeness (QED) is 0.0302. The highest BCUT2D eigenvalue weighted by Crippen LogP contribution is 2.46. The van der Waals surface area contributed by atoms with E-state index in [4.69, 9.17) is 37.9 Å². The van der Waals surface area contributed by atoms with Gasteiger partial charge in [-0.1, -0.05) is 202 Å². The second kappa shape index (κ2) is 39.8. The summed E-state index contributed by atoms with van der Waals surface area (Å²) < 4.78 is 52.0. The van der Waals surface area contributed by atoms with E-state index in [1.54, 1.807) is 132 Å². The van der Waals surface area contributed by atoms with Gasteiger partial charge in [0.2, 0.25) is 0 Å². The van der Waals surface area contributed by atoms with Crippen LogP contribution in [0.1, 0.15) is 174 Å². The maximum Gasteiger partial charge on any atom is 0.519 e. The van der Waals surface area contributed by atoms with Crippen molar-refractivity contribution in [3.8, 4) is 45.6 Å². The molecule has 0 atom stereocenters. The number of hydrogen-bond donors (Lipinski definition) is 0. The van der Waals surface area contributed by atoms with E-state index in [-0.39, 0.29) is 39.0 Å². The van der Waals surface area contributed by atoms with Gasteiger partial charge in [0.1, 0.15) is 34.5 Å². The number of rotatable bonds is 20. The molecule has 16 heteroatoms. The Kier molecular flexibility index (Phi) is 32.3. The monoisotopic (exact) mass is 1380 g/mol. The molecule has 0 unspecified atom stereocenters. The minimum atomic E-state index is -0.854. The number of allylic oxidation sites excluding steroid dienone is 1. The van der Waals surface area contributed by atoms with Crippen molar-refractivity contribution >= 4 is 41.4 Å². The van der Waals surface area contributed by atoms with E-state index in [9.17, 15) is 28.8 Å². The third-order valence-electron chi connectivity index (χ3n) is 16.2. The van der Waals surface area contributed by atoms with Crippen molar-refractivity contribution < 1.29 is 76.1 Å². The molecule has 8 aromatic carbocycles. The van der Waals surface area contributed by atoms with Crippen LogP contribution in [0, 0.1) is 5.41 Å². The minimum Gasteiger partial charge on any atom is -0.395 e. The fourth-order valence-electron chi connectivity index (χ4n) is 10.6. The molecule has 101 heavy (non-hydrogen) atoms. The van der Waals surface area contributed by atoms with Gasteiger partial charge < -0.3 is 47.4 Å². The zero-order chi connectivity index (χ0) is 74.3. The van der Waals surface area contributed by atoms with Gasteiger partial charge in [0.15, 0.2) is 17.3 Å². The molecule has 1 saturated carbocycles. The van der Waals surface area contributed by atoms with Crippen molar-refractivity contribution in [2.75, 3.05) is 54.9 Å². The first-order chi connectivity index (χ1) is 47.9. The predicted octanol–water partition coefficient (Wildman–Crippen LogP) is 20.5. The first kappa shape index (κ1) is 81.8. The van der Waals surface area contributed by atoms with Crippen LogP contribution < -0.4 is 28.4 Å². The topological polar surface area (TPSA) is 195 Å². The number of carbonyl (C=O) groups is 6. The molecule has 1 aliphatic rings. The van der Waals surface area contributed by atoms with Gasteiger partial charge in [0, 0.05) is 56.0 Å². The Hall–Kier alpha value is -9.84.